The molecule has 0 radical (unpaired) electrons. The Labute approximate surface area is 72.8 Å². The van der Waals surface area contributed by atoms with Crippen LogP contribution in [0.5, 0.6) is 0 Å². The van der Waals surface area contributed by atoms with Crippen molar-refractivity contribution in [1.82, 2.24) is 4.90 Å². The van der Waals surface area contributed by atoms with Crippen LogP contribution in [-0.2, 0) is 0 Å². The Morgan fingerprint density at radius 2 is 1.45 bits per heavy atom. The quantitative estimate of drug-likeness (QED) is 0.612. The van der Waals surface area contributed by atoms with Crippen molar-refractivity contribution >= 4 is 0 Å². The first-order chi connectivity index (χ1) is 5.04. The summed E-state index contributed by atoms with van der Waals surface area (Å²) in [4.78, 5) is 2.12. The summed E-state index contributed by atoms with van der Waals surface area (Å²) >= 11 is 0. The van der Waals surface area contributed by atoms with Gasteiger partial charge in [0.2, 0.25) is 0 Å². The molecule has 0 atom stereocenters. The van der Waals surface area contributed by atoms with Crippen LogP contribution >= 0.6 is 0 Å². The molecule has 0 aliphatic carbocycles. The van der Waals surface area contributed by atoms with Crippen LogP contribution in [-0.4, -0.2) is 25.5 Å². The number of rotatable bonds is 3. The lowest BCUT2D eigenvalue weighted by Crippen LogP contribution is -2.08. The van der Waals surface area contributed by atoms with Gasteiger partial charge in [0.15, 0.2) is 0 Å². The van der Waals surface area contributed by atoms with E-state index < -0.39 is 0 Å². The normalized spacial score (nSPS) is 9.82. The van der Waals surface area contributed by atoms with E-state index in [1.165, 1.54) is 12.8 Å². The Morgan fingerprint density at radius 3 is 1.45 bits per heavy atom. The van der Waals surface area contributed by atoms with E-state index in [2.05, 4.69) is 46.7 Å². The molecule has 0 aromatic heterocycles. The molecule has 0 aromatic carbocycles. The van der Waals surface area contributed by atoms with Gasteiger partial charge in [-0.25, -0.2) is 0 Å². The lowest BCUT2D eigenvalue weighted by Gasteiger charge is -2.00. The van der Waals surface area contributed by atoms with Crippen LogP contribution in [0.15, 0.2) is 0 Å². The molecule has 0 heterocycles. The van der Waals surface area contributed by atoms with Crippen molar-refractivity contribution in [2.75, 3.05) is 20.6 Å². The minimum absolute atomic E-state index is 0.898. The highest BCUT2D eigenvalue weighted by molar-refractivity contribution is 4.38. The van der Waals surface area contributed by atoms with Gasteiger partial charge in [0.05, 0.1) is 0 Å². The van der Waals surface area contributed by atoms with Gasteiger partial charge in [-0.2, -0.15) is 0 Å². The van der Waals surface area contributed by atoms with Crippen LogP contribution in [0.4, 0.5) is 0 Å². The van der Waals surface area contributed by atoms with Crippen molar-refractivity contribution in [3.63, 3.8) is 0 Å². The third kappa shape index (κ3) is 25.7. The summed E-state index contributed by atoms with van der Waals surface area (Å²) in [7, 11) is 4.11. The van der Waals surface area contributed by atoms with E-state index in [0.29, 0.717) is 0 Å². The molecule has 0 saturated heterocycles. The van der Waals surface area contributed by atoms with Crippen molar-refractivity contribution in [3.05, 3.63) is 0 Å². The zero-order valence-corrected chi connectivity index (χ0v) is 9.15. The number of nitrogens with zero attached hydrogens (tertiary/aromatic N) is 1. The first-order valence-electron chi connectivity index (χ1n) is 4.69. The fourth-order valence-corrected chi connectivity index (χ4v) is 0.577. The van der Waals surface area contributed by atoms with E-state index in [1.807, 2.05) is 0 Å². The van der Waals surface area contributed by atoms with E-state index in [9.17, 15) is 0 Å². The Morgan fingerprint density at radius 1 is 1.09 bits per heavy atom. The second kappa shape index (κ2) is 9.96. The molecule has 0 aliphatic rings. The maximum Gasteiger partial charge on any atom is -0.00533 e. The van der Waals surface area contributed by atoms with E-state index in [0.717, 1.165) is 12.5 Å². The molecule has 0 rings (SSSR count). The maximum absolute atomic E-state index is 2.25. The lowest BCUT2D eigenvalue weighted by atomic mass is 10.1. The zero-order chi connectivity index (χ0) is 9.28. The first-order valence-corrected chi connectivity index (χ1v) is 4.69. The molecule has 70 valence electrons. The summed E-state index contributed by atoms with van der Waals surface area (Å²) in [5, 5.41) is 0. The third-order valence-corrected chi connectivity index (χ3v) is 1.50. The Kier molecular flexibility index (Phi) is 12.3. The predicted molar refractivity (Wildman–Crippen MR) is 54.0 cm³/mol. The molecule has 11 heavy (non-hydrogen) atoms. The molecule has 0 amide bonds. The van der Waals surface area contributed by atoms with Crippen molar-refractivity contribution < 1.29 is 0 Å². The van der Waals surface area contributed by atoms with Crippen LogP contribution in [0, 0.1) is 5.92 Å². The Hall–Kier alpha value is -0.0400. The highest BCUT2D eigenvalue weighted by Crippen LogP contribution is 2.00. The predicted octanol–water partition coefficient (Wildman–Crippen LogP) is 3.01. The van der Waals surface area contributed by atoms with E-state index >= 15 is 0 Å². The molecule has 0 aromatic rings. The van der Waals surface area contributed by atoms with E-state index in [4.69, 9.17) is 0 Å². The van der Waals surface area contributed by atoms with Gasteiger partial charge in [0.25, 0.3) is 0 Å². The number of hydrogen-bond acceptors (Lipinski definition) is 1. The monoisotopic (exact) mass is 159 g/mol. The van der Waals surface area contributed by atoms with E-state index in [-0.39, 0.29) is 0 Å². The molecule has 0 N–H and O–H groups in total. The number of hydrogen-bond donors (Lipinski definition) is 0. The molecule has 0 bridgehead atoms. The SMILES string of the molecule is CCCC(C)C.CCN(C)C. The van der Waals surface area contributed by atoms with Crippen LogP contribution in [0.3, 0.4) is 0 Å². The lowest BCUT2D eigenvalue weighted by molar-refractivity contribution is 0.434. The van der Waals surface area contributed by atoms with Crippen LogP contribution < -0.4 is 0 Å². The van der Waals surface area contributed by atoms with Crippen molar-refractivity contribution in [1.29, 1.82) is 0 Å². The maximum atomic E-state index is 2.25. The largest absolute Gasteiger partial charge is 0.310 e. The van der Waals surface area contributed by atoms with Crippen LogP contribution in [0.1, 0.15) is 40.5 Å². The Balaban J connectivity index is 0. The summed E-state index contributed by atoms with van der Waals surface area (Å²) in [6, 6.07) is 0. The van der Waals surface area contributed by atoms with Crippen LogP contribution in [0.25, 0.3) is 0 Å². The smallest absolute Gasteiger partial charge is 0.00533 e. The second-order valence-electron chi connectivity index (χ2n) is 3.58. The summed E-state index contributed by atoms with van der Waals surface area (Å²) in [5.74, 6) is 0.898. The molecular formula is C10H25N. The zero-order valence-electron chi connectivity index (χ0n) is 9.15. The minimum Gasteiger partial charge on any atom is -0.310 e. The van der Waals surface area contributed by atoms with Gasteiger partial charge < -0.3 is 4.90 Å². The van der Waals surface area contributed by atoms with E-state index in [1.54, 1.807) is 0 Å². The average Bonchev–Trinajstić information content (AvgIpc) is 1.89. The highest BCUT2D eigenvalue weighted by atomic mass is 15.0. The minimum atomic E-state index is 0.898. The highest BCUT2D eigenvalue weighted by Gasteiger charge is 1.85. The fraction of sp³-hybridized carbons (Fsp3) is 1.00. The summed E-state index contributed by atoms with van der Waals surface area (Å²) in [5.41, 5.74) is 0. The topological polar surface area (TPSA) is 3.24 Å². The van der Waals surface area contributed by atoms with Crippen molar-refractivity contribution in [2.45, 2.75) is 40.5 Å². The summed E-state index contributed by atoms with van der Waals surface area (Å²) < 4.78 is 0. The van der Waals surface area contributed by atoms with Crippen LogP contribution in [0.2, 0.25) is 0 Å². The third-order valence-electron chi connectivity index (χ3n) is 1.50. The van der Waals surface area contributed by atoms with Crippen molar-refractivity contribution in [3.8, 4) is 0 Å². The molecular weight excluding hydrogens is 134 g/mol. The van der Waals surface area contributed by atoms with Gasteiger partial charge in [0.1, 0.15) is 0 Å². The fourth-order valence-electron chi connectivity index (χ4n) is 0.577. The molecule has 0 spiro atoms. The molecule has 0 unspecified atom stereocenters. The van der Waals surface area contributed by atoms with Gasteiger partial charge in [0, 0.05) is 0 Å². The van der Waals surface area contributed by atoms with Gasteiger partial charge in [-0.1, -0.05) is 40.5 Å². The first kappa shape index (κ1) is 13.5. The summed E-state index contributed by atoms with van der Waals surface area (Å²) in [6.45, 7) is 9.99. The molecule has 0 aliphatic heterocycles. The van der Waals surface area contributed by atoms with Gasteiger partial charge in [-0.3, -0.25) is 0 Å². The molecule has 0 saturated carbocycles. The summed E-state index contributed by atoms with van der Waals surface area (Å²) in [6.07, 6.45) is 2.71. The van der Waals surface area contributed by atoms with Gasteiger partial charge in [-0.05, 0) is 26.6 Å². The second-order valence-corrected chi connectivity index (χ2v) is 3.58. The van der Waals surface area contributed by atoms with Crippen molar-refractivity contribution in [2.24, 2.45) is 5.92 Å². The molecule has 1 heteroatoms. The molecule has 1 nitrogen and oxygen atoms in total. The Bertz CT molecular complexity index is 57.9. The average molecular weight is 159 g/mol. The molecule has 0 fully saturated rings. The standard InChI is InChI=1S/C6H14.C4H11N/c1-4-5-6(2)3;1-4-5(2)3/h6H,4-5H2,1-3H3;4H2,1-3H3. The van der Waals surface area contributed by atoms with Gasteiger partial charge in [-0.15, -0.1) is 0 Å². The van der Waals surface area contributed by atoms with Gasteiger partial charge >= 0.3 is 0 Å².